The van der Waals surface area contributed by atoms with Crippen molar-refractivity contribution in [2.45, 2.75) is 52.0 Å². The molecule has 1 nitrogen and oxygen atoms in total. The molecule has 1 rings (SSSR count). The van der Waals surface area contributed by atoms with E-state index in [0.29, 0.717) is 10.7 Å². The van der Waals surface area contributed by atoms with Gasteiger partial charge in [0.05, 0.1) is 5.69 Å². The van der Waals surface area contributed by atoms with Gasteiger partial charge in [0.1, 0.15) is 5.82 Å². The van der Waals surface area contributed by atoms with E-state index in [1.807, 2.05) is 0 Å². The molecule has 96 valence electrons. The fourth-order valence-electron chi connectivity index (χ4n) is 1.82. The van der Waals surface area contributed by atoms with Crippen molar-refractivity contribution >= 4 is 17.3 Å². The lowest BCUT2D eigenvalue weighted by Gasteiger charge is -2.15. The van der Waals surface area contributed by atoms with Crippen molar-refractivity contribution in [3.8, 4) is 0 Å². The van der Waals surface area contributed by atoms with Crippen LogP contribution in [0.15, 0.2) is 18.2 Å². The van der Waals surface area contributed by atoms with Gasteiger partial charge in [-0.05, 0) is 31.5 Å². The zero-order valence-corrected chi connectivity index (χ0v) is 11.4. The van der Waals surface area contributed by atoms with E-state index < -0.39 is 0 Å². The maximum absolute atomic E-state index is 13.5. The van der Waals surface area contributed by atoms with Gasteiger partial charge in [-0.1, -0.05) is 44.2 Å². The van der Waals surface area contributed by atoms with Crippen molar-refractivity contribution in [2.75, 3.05) is 5.32 Å². The number of hydrogen-bond donors (Lipinski definition) is 1. The first-order valence-electron chi connectivity index (χ1n) is 6.35. The maximum atomic E-state index is 13.5. The second kappa shape index (κ2) is 7.54. The normalized spacial score (nSPS) is 12.5. The average molecular weight is 258 g/mol. The van der Waals surface area contributed by atoms with Gasteiger partial charge in [-0.25, -0.2) is 4.39 Å². The molecule has 3 heteroatoms. The lowest BCUT2D eigenvalue weighted by atomic mass is 10.1. The summed E-state index contributed by atoms with van der Waals surface area (Å²) >= 11 is 5.84. The molecule has 1 aromatic rings. The van der Waals surface area contributed by atoms with Crippen LogP contribution in [0, 0.1) is 5.82 Å². The van der Waals surface area contributed by atoms with Gasteiger partial charge in [0.25, 0.3) is 0 Å². The summed E-state index contributed by atoms with van der Waals surface area (Å²) in [5, 5.41) is 3.73. The first kappa shape index (κ1) is 14.3. The van der Waals surface area contributed by atoms with Gasteiger partial charge in [0, 0.05) is 11.1 Å². The molecule has 1 unspecified atom stereocenters. The Bertz CT molecular complexity index is 341. The minimum Gasteiger partial charge on any atom is -0.380 e. The zero-order chi connectivity index (χ0) is 12.7. The largest absolute Gasteiger partial charge is 0.380 e. The highest BCUT2D eigenvalue weighted by atomic mass is 35.5. The van der Waals surface area contributed by atoms with Crippen molar-refractivity contribution in [3.05, 3.63) is 29.0 Å². The number of anilines is 1. The van der Waals surface area contributed by atoms with E-state index in [1.165, 1.54) is 31.7 Å². The van der Waals surface area contributed by atoms with Gasteiger partial charge in [0.15, 0.2) is 0 Å². The van der Waals surface area contributed by atoms with Crippen molar-refractivity contribution in [1.29, 1.82) is 0 Å². The molecule has 0 spiro atoms. The number of halogens is 2. The minimum absolute atomic E-state index is 0.241. The third-order valence-electron chi connectivity index (χ3n) is 2.82. The highest BCUT2D eigenvalue weighted by molar-refractivity contribution is 6.30. The van der Waals surface area contributed by atoms with Gasteiger partial charge >= 0.3 is 0 Å². The van der Waals surface area contributed by atoms with E-state index >= 15 is 0 Å². The number of hydrogen-bond acceptors (Lipinski definition) is 1. The molecule has 0 aliphatic carbocycles. The molecule has 0 radical (unpaired) electrons. The lowest BCUT2D eigenvalue weighted by Crippen LogP contribution is -2.15. The van der Waals surface area contributed by atoms with Crippen LogP contribution in [0.3, 0.4) is 0 Å². The minimum atomic E-state index is -0.241. The number of benzene rings is 1. The standard InChI is InChI=1S/C14H21ClFN/c1-3-4-5-6-7-11(2)17-14-10-12(15)8-9-13(14)16/h8-11,17H,3-7H2,1-2H3. The third kappa shape index (κ3) is 5.40. The van der Waals surface area contributed by atoms with E-state index in [0.717, 1.165) is 6.42 Å². The predicted molar refractivity (Wildman–Crippen MR) is 73.3 cm³/mol. The predicted octanol–water partition coefficient (Wildman–Crippen LogP) is 5.25. The van der Waals surface area contributed by atoms with Gasteiger partial charge in [-0.2, -0.15) is 0 Å². The smallest absolute Gasteiger partial charge is 0.146 e. The van der Waals surface area contributed by atoms with Gasteiger partial charge in [-0.3, -0.25) is 0 Å². The number of nitrogens with one attached hydrogen (secondary N) is 1. The van der Waals surface area contributed by atoms with Gasteiger partial charge in [-0.15, -0.1) is 0 Å². The quantitative estimate of drug-likeness (QED) is 0.658. The van der Waals surface area contributed by atoms with E-state index in [9.17, 15) is 4.39 Å². The fraction of sp³-hybridized carbons (Fsp3) is 0.571. The van der Waals surface area contributed by atoms with Gasteiger partial charge in [0.2, 0.25) is 0 Å². The Morgan fingerprint density at radius 3 is 2.76 bits per heavy atom. The van der Waals surface area contributed by atoms with E-state index in [1.54, 1.807) is 12.1 Å². The molecule has 1 aromatic carbocycles. The van der Waals surface area contributed by atoms with Crippen LogP contribution in [0.1, 0.15) is 46.0 Å². The van der Waals surface area contributed by atoms with Crippen molar-refractivity contribution in [2.24, 2.45) is 0 Å². The molecule has 0 aliphatic rings. The molecule has 0 bridgehead atoms. The second-order valence-corrected chi connectivity index (χ2v) is 4.96. The Morgan fingerprint density at radius 2 is 2.06 bits per heavy atom. The summed E-state index contributed by atoms with van der Waals surface area (Å²) in [5.74, 6) is -0.241. The Labute approximate surface area is 108 Å². The van der Waals surface area contributed by atoms with Crippen molar-refractivity contribution < 1.29 is 4.39 Å². The summed E-state index contributed by atoms with van der Waals surface area (Å²) < 4.78 is 13.5. The molecular weight excluding hydrogens is 237 g/mol. The SMILES string of the molecule is CCCCCCC(C)Nc1cc(Cl)ccc1F. The Balaban J connectivity index is 2.39. The van der Waals surface area contributed by atoms with Crippen LogP contribution in [-0.4, -0.2) is 6.04 Å². The molecular formula is C14H21ClFN. The zero-order valence-electron chi connectivity index (χ0n) is 10.6. The van der Waals surface area contributed by atoms with Crippen LogP contribution >= 0.6 is 11.6 Å². The highest BCUT2D eigenvalue weighted by Crippen LogP contribution is 2.21. The molecule has 0 amide bonds. The number of rotatable bonds is 7. The van der Waals surface area contributed by atoms with Crippen LogP contribution < -0.4 is 5.32 Å². The third-order valence-corrected chi connectivity index (χ3v) is 3.06. The molecule has 0 saturated heterocycles. The Kier molecular flexibility index (Phi) is 6.35. The molecule has 1 atom stereocenters. The first-order valence-corrected chi connectivity index (χ1v) is 6.73. The maximum Gasteiger partial charge on any atom is 0.146 e. The van der Waals surface area contributed by atoms with Gasteiger partial charge < -0.3 is 5.32 Å². The summed E-state index contributed by atoms with van der Waals surface area (Å²) in [6, 6.07) is 4.88. The highest BCUT2D eigenvalue weighted by Gasteiger charge is 2.06. The summed E-state index contributed by atoms with van der Waals surface area (Å²) in [6.45, 7) is 4.27. The van der Waals surface area contributed by atoms with E-state index in [2.05, 4.69) is 19.2 Å². The molecule has 0 saturated carbocycles. The first-order chi connectivity index (χ1) is 8.13. The summed E-state index contributed by atoms with van der Waals surface area (Å²) in [4.78, 5) is 0. The summed E-state index contributed by atoms with van der Waals surface area (Å²) in [7, 11) is 0. The molecule has 17 heavy (non-hydrogen) atoms. The van der Waals surface area contributed by atoms with Crippen LogP contribution in [-0.2, 0) is 0 Å². The number of unbranched alkanes of at least 4 members (excludes halogenated alkanes) is 3. The van der Waals surface area contributed by atoms with Crippen LogP contribution in [0.4, 0.5) is 10.1 Å². The van der Waals surface area contributed by atoms with Crippen molar-refractivity contribution in [3.63, 3.8) is 0 Å². The molecule has 0 aliphatic heterocycles. The lowest BCUT2D eigenvalue weighted by molar-refractivity contribution is 0.586. The van der Waals surface area contributed by atoms with E-state index in [4.69, 9.17) is 11.6 Å². The second-order valence-electron chi connectivity index (χ2n) is 4.52. The summed E-state index contributed by atoms with van der Waals surface area (Å²) in [6.07, 6.45) is 6.01. The molecule has 1 N–H and O–H groups in total. The summed E-state index contributed by atoms with van der Waals surface area (Å²) in [5.41, 5.74) is 0.500. The average Bonchev–Trinajstić information content (AvgIpc) is 2.29. The Hall–Kier alpha value is -0.760. The van der Waals surface area contributed by atoms with Crippen LogP contribution in [0.5, 0.6) is 0 Å². The van der Waals surface area contributed by atoms with Crippen LogP contribution in [0.2, 0.25) is 5.02 Å². The molecule has 0 fully saturated rings. The van der Waals surface area contributed by atoms with E-state index in [-0.39, 0.29) is 11.9 Å². The molecule has 0 aromatic heterocycles. The monoisotopic (exact) mass is 257 g/mol. The topological polar surface area (TPSA) is 12.0 Å². The van der Waals surface area contributed by atoms with Crippen LogP contribution in [0.25, 0.3) is 0 Å². The Morgan fingerprint density at radius 1 is 1.29 bits per heavy atom. The fourth-order valence-corrected chi connectivity index (χ4v) is 2.00. The van der Waals surface area contributed by atoms with Crippen molar-refractivity contribution in [1.82, 2.24) is 0 Å². The molecule has 0 heterocycles.